The SMILES string of the molecule is CCCC1(C(=O)O)CCN(C(C)c2cc(C)ccc2C)C1. The molecule has 1 aliphatic rings. The molecule has 0 amide bonds. The lowest BCUT2D eigenvalue weighted by Gasteiger charge is -2.29. The second kappa shape index (κ2) is 6.18. The molecule has 2 rings (SSSR count). The number of likely N-dealkylation sites (tertiary alicyclic amines) is 1. The molecule has 3 nitrogen and oxygen atoms in total. The van der Waals surface area contributed by atoms with Gasteiger partial charge in [0.2, 0.25) is 0 Å². The predicted octanol–water partition coefficient (Wildman–Crippen LogP) is 3.94. The number of nitrogens with zero attached hydrogens (tertiary/aromatic N) is 1. The number of aryl methyl sites for hydroxylation is 2. The van der Waals surface area contributed by atoms with Crippen LogP contribution >= 0.6 is 0 Å². The summed E-state index contributed by atoms with van der Waals surface area (Å²) in [6.45, 7) is 10.1. The zero-order valence-corrected chi connectivity index (χ0v) is 13.6. The Balaban J connectivity index is 2.20. The van der Waals surface area contributed by atoms with Crippen LogP contribution in [0.5, 0.6) is 0 Å². The van der Waals surface area contributed by atoms with Gasteiger partial charge in [0.05, 0.1) is 5.41 Å². The lowest BCUT2D eigenvalue weighted by atomic mass is 9.82. The Labute approximate surface area is 128 Å². The number of rotatable bonds is 5. The molecule has 1 saturated heterocycles. The third kappa shape index (κ3) is 3.13. The first kappa shape index (κ1) is 16.0. The van der Waals surface area contributed by atoms with Gasteiger partial charge in [0.25, 0.3) is 0 Å². The fourth-order valence-corrected chi connectivity index (χ4v) is 3.61. The predicted molar refractivity (Wildman–Crippen MR) is 85.5 cm³/mol. The van der Waals surface area contributed by atoms with Gasteiger partial charge in [0.15, 0.2) is 0 Å². The monoisotopic (exact) mass is 289 g/mol. The van der Waals surface area contributed by atoms with Crippen LogP contribution in [0, 0.1) is 19.3 Å². The summed E-state index contributed by atoms with van der Waals surface area (Å²) in [4.78, 5) is 14.1. The lowest BCUT2D eigenvalue weighted by molar-refractivity contribution is -0.148. The van der Waals surface area contributed by atoms with Crippen LogP contribution in [0.25, 0.3) is 0 Å². The molecule has 0 saturated carbocycles. The third-order valence-corrected chi connectivity index (χ3v) is 5.00. The van der Waals surface area contributed by atoms with Crippen molar-refractivity contribution in [3.8, 4) is 0 Å². The van der Waals surface area contributed by atoms with E-state index in [1.807, 2.05) is 0 Å². The largest absolute Gasteiger partial charge is 0.481 e. The maximum absolute atomic E-state index is 11.7. The van der Waals surface area contributed by atoms with Crippen LogP contribution in [0.1, 0.15) is 55.8 Å². The van der Waals surface area contributed by atoms with E-state index < -0.39 is 11.4 Å². The van der Waals surface area contributed by atoms with Crippen LogP contribution in [0.2, 0.25) is 0 Å². The number of benzene rings is 1. The van der Waals surface area contributed by atoms with E-state index in [4.69, 9.17) is 0 Å². The molecular formula is C18H27NO2. The van der Waals surface area contributed by atoms with E-state index in [1.54, 1.807) is 0 Å². The normalized spacial score (nSPS) is 24.2. The standard InChI is InChI=1S/C18H27NO2/c1-5-8-18(17(20)21)9-10-19(12-18)15(4)16-11-13(2)6-7-14(16)3/h6-7,11,15H,5,8-10,12H2,1-4H3,(H,20,21). The first-order valence-corrected chi connectivity index (χ1v) is 7.94. The summed E-state index contributed by atoms with van der Waals surface area (Å²) in [5.74, 6) is -0.625. The van der Waals surface area contributed by atoms with Crippen LogP contribution in [0.3, 0.4) is 0 Å². The molecule has 1 heterocycles. The van der Waals surface area contributed by atoms with Gasteiger partial charge < -0.3 is 5.11 Å². The average molecular weight is 289 g/mol. The van der Waals surface area contributed by atoms with Gasteiger partial charge in [-0.15, -0.1) is 0 Å². The smallest absolute Gasteiger partial charge is 0.310 e. The van der Waals surface area contributed by atoms with Crippen molar-refractivity contribution in [1.82, 2.24) is 4.90 Å². The van der Waals surface area contributed by atoms with Crippen LogP contribution in [0.4, 0.5) is 0 Å². The van der Waals surface area contributed by atoms with Gasteiger partial charge in [-0.25, -0.2) is 0 Å². The highest BCUT2D eigenvalue weighted by Crippen LogP contribution is 2.39. The summed E-state index contributed by atoms with van der Waals surface area (Å²) in [5.41, 5.74) is 3.34. The Morgan fingerprint density at radius 2 is 2.14 bits per heavy atom. The van der Waals surface area contributed by atoms with E-state index in [9.17, 15) is 9.90 Å². The Hall–Kier alpha value is -1.35. The highest BCUT2D eigenvalue weighted by Gasteiger charge is 2.45. The van der Waals surface area contributed by atoms with Crippen molar-refractivity contribution in [1.29, 1.82) is 0 Å². The Bertz CT molecular complexity index is 526. The molecule has 1 fully saturated rings. The van der Waals surface area contributed by atoms with Gasteiger partial charge in [-0.1, -0.05) is 37.1 Å². The molecule has 1 aromatic carbocycles. The molecule has 0 spiro atoms. The number of hydrogen-bond donors (Lipinski definition) is 1. The van der Waals surface area contributed by atoms with E-state index in [0.29, 0.717) is 6.54 Å². The molecule has 0 aliphatic carbocycles. The maximum Gasteiger partial charge on any atom is 0.310 e. The molecule has 0 bridgehead atoms. The number of aliphatic carboxylic acids is 1. The van der Waals surface area contributed by atoms with Crippen LogP contribution in [-0.4, -0.2) is 29.1 Å². The second-order valence-electron chi connectivity index (χ2n) is 6.59. The fraction of sp³-hybridized carbons (Fsp3) is 0.611. The summed E-state index contributed by atoms with van der Waals surface area (Å²) in [6.07, 6.45) is 2.47. The number of carboxylic acid groups (broad SMARTS) is 1. The molecule has 1 N–H and O–H groups in total. The van der Waals surface area contributed by atoms with Crippen molar-refractivity contribution in [2.24, 2.45) is 5.41 Å². The molecule has 2 unspecified atom stereocenters. The van der Waals surface area contributed by atoms with E-state index in [-0.39, 0.29) is 6.04 Å². The van der Waals surface area contributed by atoms with Gasteiger partial charge in [-0.05, 0) is 51.3 Å². The summed E-state index contributed by atoms with van der Waals surface area (Å²) in [6, 6.07) is 6.81. The molecule has 1 aromatic rings. The number of carbonyl (C=O) groups is 1. The van der Waals surface area contributed by atoms with Gasteiger partial charge in [0, 0.05) is 12.6 Å². The molecular weight excluding hydrogens is 262 g/mol. The van der Waals surface area contributed by atoms with E-state index in [1.165, 1.54) is 16.7 Å². The van der Waals surface area contributed by atoms with Crippen molar-refractivity contribution < 1.29 is 9.90 Å². The Kier molecular flexibility index (Phi) is 4.72. The second-order valence-corrected chi connectivity index (χ2v) is 6.59. The average Bonchev–Trinajstić information content (AvgIpc) is 2.87. The Morgan fingerprint density at radius 1 is 1.43 bits per heavy atom. The van der Waals surface area contributed by atoms with Crippen molar-refractivity contribution in [2.45, 2.75) is 53.0 Å². The molecule has 2 atom stereocenters. The highest BCUT2D eigenvalue weighted by molar-refractivity contribution is 5.75. The quantitative estimate of drug-likeness (QED) is 0.892. The summed E-state index contributed by atoms with van der Waals surface area (Å²) < 4.78 is 0. The van der Waals surface area contributed by atoms with Crippen molar-refractivity contribution in [2.75, 3.05) is 13.1 Å². The zero-order chi connectivity index (χ0) is 15.6. The molecule has 1 aliphatic heterocycles. The zero-order valence-electron chi connectivity index (χ0n) is 13.6. The molecule has 3 heteroatoms. The topological polar surface area (TPSA) is 40.5 Å². The first-order valence-electron chi connectivity index (χ1n) is 7.94. The minimum Gasteiger partial charge on any atom is -0.481 e. The number of hydrogen-bond acceptors (Lipinski definition) is 2. The van der Waals surface area contributed by atoms with Crippen molar-refractivity contribution in [3.63, 3.8) is 0 Å². The Morgan fingerprint density at radius 3 is 2.76 bits per heavy atom. The summed E-state index contributed by atoms with van der Waals surface area (Å²) >= 11 is 0. The van der Waals surface area contributed by atoms with E-state index >= 15 is 0 Å². The number of carboxylic acids is 1. The van der Waals surface area contributed by atoms with E-state index in [2.05, 4.69) is 50.8 Å². The molecule has 21 heavy (non-hydrogen) atoms. The molecule has 116 valence electrons. The van der Waals surface area contributed by atoms with Crippen LogP contribution in [0.15, 0.2) is 18.2 Å². The maximum atomic E-state index is 11.7. The van der Waals surface area contributed by atoms with Crippen molar-refractivity contribution in [3.05, 3.63) is 34.9 Å². The lowest BCUT2D eigenvalue weighted by Crippen LogP contribution is -2.35. The first-order chi connectivity index (χ1) is 9.89. The van der Waals surface area contributed by atoms with Crippen LogP contribution < -0.4 is 0 Å². The highest BCUT2D eigenvalue weighted by atomic mass is 16.4. The van der Waals surface area contributed by atoms with E-state index in [0.717, 1.165) is 25.8 Å². The van der Waals surface area contributed by atoms with Gasteiger partial charge in [0.1, 0.15) is 0 Å². The minimum atomic E-state index is -0.625. The van der Waals surface area contributed by atoms with Crippen LogP contribution in [-0.2, 0) is 4.79 Å². The van der Waals surface area contributed by atoms with Gasteiger partial charge in [-0.2, -0.15) is 0 Å². The van der Waals surface area contributed by atoms with Gasteiger partial charge >= 0.3 is 5.97 Å². The summed E-state index contributed by atoms with van der Waals surface area (Å²) in [7, 11) is 0. The molecule has 0 radical (unpaired) electrons. The minimum absolute atomic E-state index is 0.281. The fourth-order valence-electron chi connectivity index (χ4n) is 3.61. The van der Waals surface area contributed by atoms with Crippen molar-refractivity contribution >= 4 is 5.97 Å². The van der Waals surface area contributed by atoms with Gasteiger partial charge in [-0.3, -0.25) is 9.69 Å². The summed E-state index contributed by atoms with van der Waals surface area (Å²) in [5, 5.41) is 9.64. The molecule has 0 aromatic heterocycles. The third-order valence-electron chi connectivity index (χ3n) is 5.00.